The number of nitrogens with one attached hydrogen (secondary N) is 1. The van der Waals surface area contributed by atoms with Crippen LogP contribution >= 0.6 is 12.2 Å². The van der Waals surface area contributed by atoms with Crippen molar-refractivity contribution in [2.45, 2.75) is 19.1 Å². The van der Waals surface area contributed by atoms with Gasteiger partial charge in [-0.3, -0.25) is 5.43 Å². The molecule has 0 amide bonds. The van der Waals surface area contributed by atoms with Crippen LogP contribution in [0.4, 0.5) is 0 Å². The molecule has 0 spiro atoms. The Bertz CT molecular complexity index is 855. The lowest BCUT2D eigenvalue weighted by molar-refractivity contribution is 0.132. The van der Waals surface area contributed by atoms with E-state index in [1.54, 1.807) is 0 Å². The third-order valence-electron chi connectivity index (χ3n) is 4.12. The van der Waals surface area contributed by atoms with Crippen LogP contribution in [0.2, 0.25) is 0 Å². The molecule has 2 atom stereocenters. The van der Waals surface area contributed by atoms with Crippen molar-refractivity contribution in [1.82, 2.24) is 5.43 Å². The lowest BCUT2D eigenvalue weighted by Crippen LogP contribution is -2.42. The number of fused-ring (bicyclic) bond motifs is 2. The minimum Gasteiger partial charge on any atom is -0.485 e. The van der Waals surface area contributed by atoms with Gasteiger partial charge in [0.1, 0.15) is 18.2 Å². The first kappa shape index (κ1) is 16.7. The molecular formula is C19H18N2O4S. The Morgan fingerprint density at radius 3 is 2.00 bits per heavy atom. The molecule has 7 heteroatoms. The molecule has 2 aromatic carbocycles. The zero-order valence-corrected chi connectivity index (χ0v) is 15.0. The highest BCUT2D eigenvalue weighted by Crippen LogP contribution is 2.32. The van der Waals surface area contributed by atoms with Crippen LogP contribution in [0.3, 0.4) is 0 Å². The minimum absolute atomic E-state index is 0.274. The number of para-hydroxylation sites is 4. The standard InChI is InChI=1S/C19H18N2O4S/c1-12(17-10-22-13-6-2-4-8-15(13)24-17)20-21-19(26)18-11-23-14-7-3-5-9-16(14)25-18/h2-9,17-18H,10-11H2,1H3,(H,21,26)/b20-12-/t17-,18+/m1/s1. The molecule has 0 aromatic heterocycles. The molecular weight excluding hydrogens is 352 g/mol. The molecule has 2 aliphatic heterocycles. The number of rotatable bonds is 3. The number of thiocarbonyl (C=S) groups is 1. The van der Waals surface area contributed by atoms with Crippen molar-refractivity contribution in [3.05, 3.63) is 48.5 Å². The van der Waals surface area contributed by atoms with Gasteiger partial charge in [0.25, 0.3) is 0 Å². The second-order valence-electron chi connectivity index (χ2n) is 5.96. The molecule has 134 valence electrons. The number of hydrazone groups is 1. The van der Waals surface area contributed by atoms with Crippen molar-refractivity contribution in [2.24, 2.45) is 5.10 Å². The van der Waals surface area contributed by atoms with Crippen LogP contribution in [0.1, 0.15) is 6.92 Å². The van der Waals surface area contributed by atoms with E-state index in [1.807, 2.05) is 55.5 Å². The van der Waals surface area contributed by atoms with Gasteiger partial charge in [-0.05, 0) is 31.2 Å². The van der Waals surface area contributed by atoms with Gasteiger partial charge in [0.2, 0.25) is 0 Å². The molecule has 0 radical (unpaired) electrons. The Morgan fingerprint density at radius 2 is 1.38 bits per heavy atom. The molecule has 1 N–H and O–H groups in total. The van der Waals surface area contributed by atoms with Crippen LogP contribution in [-0.2, 0) is 0 Å². The maximum Gasteiger partial charge on any atom is 0.184 e. The SMILES string of the molecule is C/C(=N/NC(=S)[C@@H]1COc2ccccc2O1)[C@H]1COc2ccccc2O1. The molecule has 6 nitrogen and oxygen atoms in total. The van der Waals surface area contributed by atoms with Gasteiger partial charge in [0, 0.05) is 0 Å². The second-order valence-corrected chi connectivity index (χ2v) is 6.40. The topological polar surface area (TPSA) is 61.3 Å². The van der Waals surface area contributed by atoms with E-state index in [2.05, 4.69) is 10.5 Å². The third kappa shape index (κ3) is 3.43. The van der Waals surface area contributed by atoms with Crippen LogP contribution in [0, 0.1) is 0 Å². The Morgan fingerprint density at radius 1 is 0.885 bits per heavy atom. The van der Waals surface area contributed by atoms with Crippen molar-refractivity contribution in [3.63, 3.8) is 0 Å². The zero-order valence-electron chi connectivity index (χ0n) is 14.2. The normalized spacial score (nSPS) is 21.0. The van der Waals surface area contributed by atoms with Crippen LogP contribution < -0.4 is 24.4 Å². The molecule has 0 unspecified atom stereocenters. The molecule has 26 heavy (non-hydrogen) atoms. The van der Waals surface area contributed by atoms with Gasteiger partial charge in [-0.25, -0.2) is 0 Å². The van der Waals surface area contributed by atoms with Gasteiger partial charge in [-0.15, -0.1) is 0 Å². The fraction of sp³-hybridized carbons (Fsp3) is 0.263. The number of hydrogen-bond donors (Lipinski definition) is 1. The van der Waals surface area contributed by atoms with E-state index in [0.717, 1.165) is 17.2 Å². The highest BCUT2D eigenvalue weighted by atomic mass is 32.1. The van der Waals surface area contributed by atoms with E-state index in [-0.39, 0.29) is 12.2 Å². The van der Waals surface area contributed by atoms with Gasteiger partial charge in [0.15, 0.2) is 35.2 Å². The summed E-state index contributed by atoms with van der Waals surface area (Å²) < 4.78 is 23.2. The first-order chi connectivity index (χ1) is 12.7. The highest BCUT2D eigenvalue weighted by Gasteiger charge is 2.26. The van der Waals surface area contributed by atoms with Crippen LogP contribution in [0.15, 0.2) is 53.6 Å². The average molecular weight is 370 g/mol. The van der Waals surface area contributed by atoms with Gasteiger partial charge >= 0.3 is 0 Å². The highest BCUT2D eigenvalue weighted by molar-refractivity contribution is 7.80. The Balaban J connectivity index is 1.37. The largest absolute Gasteiger partial charge is 0.485 e. The Kier molecular flexibility index (Phi) is 4.62. The van der Waals surface area contributed by atoms with Crippen molar-refractivity contribution < 1.29 is 18.9 Å². The quantitative estimate of drug-likeness (QED) is 0.509. The fourth-order valence-electron chi connectivity index (χ4n) is 2.66. The summed E-state index contributed by atoms with van der Waals surface area (Å²) in [7, 11) is 0. The van der Waals surface area contributed by atoms with Gasteiger partial charge in [0.05, 0.1) is 5.71 Å². The molecule has 0 saturated carbocycles. The average Bonchev–Trinajstić information content (AvgIpc) is 2.71. The monoisotopic (exact) mass is 370 g/mol. The zero-order chi connectivity index (χ0) is 17.9. The van der Waals surface area contributed by atoms with Gasteiger partial charge < -0.3 is 18.9 Å². The van der Waals surface area contributed by atoms with Crippen molar-refractivity contribution in [1.29, 1.82) is 0 Å². The molecule has 0 aliphatic carbocycles. The smallest absolute Gasteiger partial charge is 0.184 e. The van der Waals surface area contributed by atoms with E-state index in [9.17, 15) is 0 Å². The van der Waals surface area contributed by atoms with Gasteiger partial charge in [-0.1, -0.05) is 36.5 Å². The van der Waals surface area contributed by atoms with Crippen molar-refractivity contribution in [3.8, 4) is 23.0 Å². The number of nitrogens with zero attached hydrogens (tertiary/aromatic N) is 1. The maximum absolute atomic E-state index is 5.92. The lowest BCUT2D eigenvalue weighted by atomic mass is 10.2. The third-order valence-corrected chi connectivity index (χ3v) is 4.47. The predicted octanol–water partition coefficient (Wildman–Crippen LogP) is 2.96. The summed E-state index contributed by atoms with van der Waals surface area (Å²) in [5, 5.41) is 4.34. The molecule has 0 bridgehead atoms. The predicted molar refractivity (Wildman–Crippen MR) is 102 cm³/mol. The van der Waals surface area contributed by atoms with E-state index in [1.165, 1.54) is 0 Å². The molecule has 0 fully saturated rings. The van der Waals surface area contributed by atoms with Crippen LogP contribution in [0.25, 0.3) is 0 Å². The summed E-state index contributed by atoms with van der Waals surface area (Å²) in [5.41, 5.74) is 3.62. The summed E-state index contributed by atoms with van der Waals surface area (Å²) in [6, 6.07) is 15.1. The van der Waals surface area contributed by atoms with Gasteiger partial charge in [-0.2, -0.15) is 5.10 Å². The van der Waals surface area contributed by atoms with Crippen molar-refractivity contribution in [2.75, 3.05) is 13.2 Å². The van der Waals surface area contributed by atoms with E-state index >= 15 is 0 Å². The molecule has 0 saturated heterocycles. The molecule has 4 rings (SSSR count). The van der Waals surface area contributed by atoms with Crippen LogP contribution in [0.5, 0.6) is 23.0 Å². The Labute approximate surface area is 156 Å². The second kappa shape index (κ2) is 7.21. The minimum atomic E-state index is -0.388. The summed E-state index contributed by atoms with van der Waals surface area (Å²) >= 11 is 5.39. The molecule has 2 aliphatic rings. The lowest BCUT2D eigenvalue weighted by Gasteiger charge is -2.27. The van der Waals surface area contributed by atoms with Crippen LogP contribution in [-0.4, -0.2) is 36.1 Å². The summed E-state index contributed by atoms with van der Waals surface area (Å²) in [4.78, 5) is 0.455. The van der Waals surface area contributed by atoms with E-state index in [0.29, 0.717) is 29.7 Å². The first-order valence-electron chi connectivity index (χ1n) is 8.32. The summed E-state index contributed by atoms with van der Waals surface area (Å²) in [5.74, 6) is 2.85. The van der Waals surface area contributed by atoms with Crippen molar-refractivity contribution >= 4 is 22.9 Å². The first-order valence-corrected chi connectivity index (χ1v) is 8.72. The summed E-state index contributed by atoms with van der Waals surface area (Å²) in [6.45, 7) is 2.61. The summed E-state index contributed by atoms with van der Waals surface area (Å²) in [6.07, 6.45) is -0.662. The van der Waals surface area contributed by atoms with E-state index in [4.69, 9.17) is 31.2 Å². The number of benzene rings is 2. The van der Waals surface area contributed by atoms with E-state index < -0.39 is 0 Å². The molecule has 2 aromatic rings. The maximum atomic E-state index is 5.92. The molecule has 2 heterocycles. The fourth-order valence-corrected chi connectivity index (χ4v) is 2.82. The Hall–Kier alpha value is -2.80. The number of ether oxygens (including phenoxy) is 4. The number of hydrogen-bond acceptors (Lipinski definition) is 6.